The number of H-pyrrole nitrogens is 1. The van der Waals surface area contributed by atoms with Gasteiger partial charge in [0.05, 0.1) is 26.0 Å². The van der Waals surface area contributed by atoms with Crippen molar-refractivity contribution in [2.75, 3.05) is 31.6 Å². The molecule has 0 saturated carbocycles. The summed E-state index contributed by atoms with van der Waals surface area (Å²) in [6.07, 6.45) is 3.57. The number of morpholine rings is 1. The average molecular weight is 352 g/mol. The monoisotopic (exact) mass is 352 g/mol. The maximum Gasteiger partial charge on any atom is 0.351 e. The zero-order chi connectivity index (χ0) is 17.9. The van der Waals surface area contributed by atoms with Crippen molar-refractivity contribution < 1.29 is 13.9 Å². The first-order chi connectivity index (χ1) is 12.7. The molecule has 0 unspecified atom stereocenters. The number of carbonyl (C=O) groups excluding carboxylic acids is 1. The summed E-state index contributed by atoms with van der Waals surface area (Å²) in [7, 11) is 0. The number of hydrogen-bond donors (Lipinski definition) is 2. The lowest BCUT2D eigenvalue weighted by Crippen LogP contribution is -2.36. The average Bonchev–Trinajstić information content (AvgIpc) is 3.03. The van der Waals surface area contributed by atoms with E-state index in [9.17, 15) is 4.79 Å². The van der Waals surface area contributed by atoms with E-state index < -0.39 is 0 Å². The Morgan fingerprint density at radius 3 is 2.92 bits per heavy atom. The van der Waals surface area contributed by atoms with Crippen LogP contribution in [0.3, 0.4) is 0 Å². The number of aromatic nitrogens is 3. The Hall–Kier alpha value is -2.77. The first-order valence-corrected chi connectivity index (χ1v) is 8.76. The van der Waals surface area contributed by atoms with Gasteiger partial charge in [-0.05, 0) is 25.1 Å². The summed E-state index contributed by atoms with van der Waals surface area (Å²) in [5.74, 6) is 0.818. The molecule has 3 aromatic heterocycles. The van der Waals surface area contributed by atoms with Gasteiger partial charge in [0.1, 0.15) is 5.82 Å². The maximum atomic E-state index is 12.8. The number of imidazole rings is 1. The second-order valence-electron chi connectivity index (χ2n) is 6.42. The summed E-state index contributed by atoms with van der Waals surface area (Å²) in [6, 6.07) is 9.45. The van der Waals surface area contributed by atoms with Gasteiger partial charge in [0.25, 0.3) is 0 Å². The van der Waals surface area contributed by atoms with Crippen molar-refractivity contribution in [1.29, 1.82) is 0 Å². The molecule has 0 aliphatic carbocycles. The Morgan fingerprint density at radius 2 is 2.15 bits per heavy atom. The van der Waals surface area contributed by atoms with Crippen LogP contribution in [0, 0.1) is 6.92 Å². The highest BCUT2D eigenvalue weighted by Gasteiger charge is 2.27. The molecule has 2 N–H and O–H groups in total. The van der Waals surface area contributed by atoms with Gasteiger partial charge in [0, 0.05) is 24.8 Å². The van der Waals surface area contributed by atoms with Gasteiger partial charge >= 0.3 is 11.7 Å². The molecule has 1 amide bonds. The number of fused-ring (bicyclic) bond motifs is 1. The summed E-state index contributed by atoms with van der Waals surface area (Å²) in [5.41, 5.74) is 3.21. The first kappa shape index (κ1) is 16.7. The summed E-state index contributed by atoms with van der Waals surface area (Å²) < 4.78 is 7.35. The lowest BCUT2D eigenvalue weighted by Gasteiger charge is -2.25. The van der Waals surface area contributed by atoms with Gasteiger partial charge in [-0.25, -0.2) is 9.97 Å². The number of carbonyl (C=O) groups is 1. The highest BCUT2D eigenvalue weighted by Crippen LogP contribution is 2.15. The topological polar surface area (TPSA) is 74.4 Å². The minimum Gasteiger partial charge on any atom is -0.379 e. The van der Waals surface area contributed by atoms with Gasteiger partial charge in [0.15, 0.2) is 11.2 Å². The fraction of sp³-hybridized carbons (Fsp3) is 0.316. The molecule has 0 aromatic carbocycles. The van der Waals surface area contributed by atoms with Crippen molar-refractivity contribution in [1.82, 2.24) is 14.9 Å². The van der Waals surface area contributed by atoms with Gasteiger partial charge in [-0.1, -0.05) is 12.1 Å². The molecule has 1 aliphatic rings. The third-order valence-corrected chi connectivity index (χ3v) is 4.60. The summed E-state index contributed by atoms with van der Waals surface area (Å²) in [4.78, 5) is 22.6. The Bertz CT molecular complexity index is 916. The van der Waals surface area contributed by atoms with Crippen LogP contribution < -0.4 is 9.72 Å². The van der Waals surface area contributed by atoms with Gasteiger partial charge in [-0.3, -0.25) is 15.0 Å². The number of aromatic amines is 1. The summed E-state index contributed by atoms with van der Waals surface area (Å²) >= 11 is 0. The first-order valence-electron chi connectivity index (χ1n) is 8.76. The van der Waals surface area contributed by atoms with Gasteiger partial charge < -0.3 is 4.74 Å². The standard InChI is InChI=1S/C19H21N5O2/c1-14-5-4-8-24-17(14)15(13-23-9-11-26-12-10-23)21-18(24)19(25)22-16-6-2-3-7-20-16/h2-8H,9-13H2,1H3,(H,20,22,25)/p+1. The molecule has 7 heteroatoms. The Labute approximate surface area is 151 Å². The Balaban J connectivity index is 1.68. The van der Waals surface area contributed by atoms with Crippen LogP contribution in [-0.4, -0.2) is 47.1 Å². The lowest BCUT2D eigenvalue weighted by molar-refractivity contribution is -0.514. The predicted molar refractivity (Wildman–Crippen MR) is 97.0 cm³/mol. The van der Waals surface area contributed by atoms with E-state index in [1.807, 2.05) is 28.8 Å². The van der Waals surface area contributed by atoms with Crippen LogP contribution in [0.4, 0.5) is 5.82 Å². The summed E-state index contributed by atoms with van der Waals surface area (Å²) in [6.45, 7) is 6.11. The molecule has 7 nitrogen and oxygen atoms in total. The number of aryl methyl sites for hydroxylation is 1. The van der Waals surface area contributed by atoms with Crippen molar-refractivity contribution in [2.24, 2.45) is 0 Å². The molecule has 26 heavy (non-hydrogen) atoms. The van der Waals surface area contributed by atoms with Crippen LogP contribution >= 0.6 is 0 Å². The third-order valence-electron chi connectivity index (χ3n) is 4.60. The van der Waals surface area contributed by atoms with Crippen LogP contribution in [-0.2, 0) is 11.3 Å². The fourth-order valence-electron chi connectivity index (χ4n) is 3.32. The number of ether oxygens (including phenoxy) is 1. The minimum absolute atomic E-state index is 0.211. The van der Waals surface area contributed by atoms with E-state index in [0.717, 1.165) is 49.6 Å². The van der Waals surface area contributed by atoms with E-state index in [4.69, 9.17) is 4.74 Å². The van der Waals surface area contributed by atoms with Gasteiger partial charge in [-0.2, -0.15) is 4.40 Å². The van der Waals surface area contributed by atoms with Crippen LogP contribution in [0.2, 0.25) is 0 Å². The zero-order valence-corrected chi connectivity index (χ0v) is 14.7. The fourth-order valence-corrected chi connectivity index (χ4v) is 3.32. The van der Waals surface area contributed by atoms with E-state index >= 15 is 0 Å². The number of amides is 1. The molecular formula is C19H22N5O2+. The zero-order valence-electron chi connectivity index (χ0n) is 14.7. The molecule has 0 spiro atoms. The van der Waals surface area contributed by atoms with Crippen LogP contribution in [0.5, 0.6) is 0 Å². The highest BCUT2D eigenvalue weighted by molar-refractivity contribution is 6.00. The normalized spacial score (nSPS) is 15.3. The van der Waals surface area contributed by atoms with Crippen LogP contribution in [0.15, 0.2) is 42.7 Å². The van der Waals surface area contributed by atoms with E-state index in [-0.39, 0.29) is 5.91 Å². The number of anilines is 1. The molecule has 1 aliphatic heterocycles. The van der Waals surface area contributed by atoms with Crippen molar-refractivity contribution in [3.63, 3.8) is 0 Å². The number of nitrogens with zero attached hydrogens (tertiary/aromatic N) is 3. The SMILES string of the molecule is Cc1ccc[n+]2c(C(=O)Nc3ccccn3)[nH]c(CN3CCOCC3)c12. The van der Waals surface area contributed by atoms with Crippen molar-refractivity contribution in [3.8, 4) is 0 Å². The number of nitrogens with one attached hydrogen (secondary N) is 2. The van der Waals surface area contributed by atoms with Crippen LogP contribution in [0.1, 0.15) is 21.9 Å². The predicted octanol–water partition coefficient (Wildman–Crippen LogP) is 1.54. The van der Waals surface area contributed by atoms with E-state index in [2.05, 4.69) is 33.2 Å². The molecule has 1 fully saturated rings. The van der Waals surface area contributed by atoms with Gasteiger partial charge in [-0.15, -0.1) is 0 Å². The second-order valence-corrected chi connectivity index (χ2v) is 6.42. The van der Waals surface area contributed by atoms with Crippen molar-refractivity contribution in [3.05, 3.63) is 59.8 Å². The highest BCUT2D eigenvalue weighted by atomic mass is 16.5. The molecule has 4 heterocycles. The molecule has 0 bridgehead atoms. The van der Waals surface area contributed by atoms with E-state index in [1.165, 1.54) is 0 Å². The van der Waals surface area contributed by atoms with Crippen molar-refractivity contribution in [2.45, 2.75) is 13.5 Å². The molecule has 0 atom stereocenters. The third kappa shape index (κ3) is 3.31. The Kier molecular flexibility index (Phi) is 4.64. The Morgan fingerprint density at radius 1 is 1.31 bits per heavy atom. The molecule has 0 radical (unpaired) electrons. The smallest absolute Gasteiger partial charge is 0.351 e. The summed E-state index contributed by atoms with van der Waals surface area (Å²) in [5, 5.41) is 2.85. The molecule has 4 rings (SSSR count). The number of hydrogen-bond acceptors (Lipinski definition) is 4. The second kappa shape index (κ2) is 7.23. The van der Waals surface area contributed by atoms with Gasteiger partial charge in [0.2, 0.25) is 0 Å². The number of rotatable bonds is 4. The minimum atomic E-state index is -0.211. The molecule has 134 valence electrons. The quantitative estimate of drug-likeness (QED) is 0.699. The van der Waals surface area contributed by atoms with Crippen molar-refractivity contribution >= 4 is 17.2 Å². The maximum absolute atomic E-state index is 12.8. The number of pyridine rings is 2. The largest absolute Gasteiger partial charge is 0.379 e. The lowest BCUT2D eigenvalue weighted by atomic mass is 10.2. The molecule has 3 aromatic rings. The van der Waals surface area contributed by atoms with Crippen LogP contribution in [0.25, 0.3) is 5.52 Å². The molecular weight excluding hydrogens is 330 g/mol. The van der Waals surface area contributed by atoms with E-state index in [0.29, 0.717) is 11.6 Å². The molecule has 1 saturated heterocycles. The van der Waals surface area contributed by atoms with E-state index in [1.54, 1.807) is 12.3 Å².